The first-order valence-electron chi connectivity index (χ1n) is 5.47. The molecule has 0 amide bonds. The normalized spacial score (nSPS) is 9.95. The van der Waals surface area contributed by atoms with Crippen LogP contribution in [0, 0.1) is 17.1 Å². The van der Waals surface area contributed by atoms with E-state index in [2.05, 4.69) is 15.9 Å². The average molecular weight is 321 g/mol. The van der Waals surface area contributed by atoms with E-state index in [1.165, 1.54) is 12.1 Å². The molecule has 2 aromatic rings. The Bertz CT molecular complexity index is 632. The number of hydrogen-bond acceptors (Lipinski definition) is 3. The van der Waals surface area contributed by atoms with E-state index in [9.17, 15) is 4.39 Å². The van der Waals surface area contributed by atoms with E-state index in [0.717, 1.165) is 0 Å². The molecule has 0 bridgehead atoms. The first-order chi connectivity index (χ1) is 9.11. The van der Waals surface area contributed by atoms with Gasteiger partial charge < -0.3 is 10.5 Å². The van der Waals surface area contributed by atoms with Crippen LogP contribution in [0.5, 0.6) is 5.75 Å². The van der Waals surface area contributed by atoms with Crippen LogP contribution < -0.4 is 10.5 Å². The standard InChI is InChI=1S/C14H10BrFN2O/c15-11-2-1-3-13(18)14(11)19-8-10-5-4-9(7-17)6-12(10)16/h1-6H,8,18H2. The Balaban J connectivity index is 2.17. The van der Waals surface area contributed by atoms with Crippen LogP contribution in [0.15, 0.2) is 40.9 Å². The van der Waals surface area contributed by atoms with E-state index >= 15 is 0 Å². The van der Waals surface area contributed by atoms with E-state index in [1.54, 1.807) is 24.3 Å². The van der Waals surface area contributed by atoms with Gasteiger partial charge in [-0.2, -0.15) is 5.26 Å². The molecule has 0 aliphatic carbocycles. The number of para-hydroxylation sites is 1. The molecule has 2 N–H and O–H groups in total. The number of hydrogen-bond donors (Lipinski definition) is 1. The number of nitrogen functional groups attached to an aromatic ring is 1. The molecule has 0 atom stereocenters. The Hall–Kier alpha value is -2.06. The minimum Gasteiger partial charge on any atom is -0.485 e. The predicted molar refractivity (Wildman–Crippen MR) is 74.0 cm³/mol. The summed E-state index contributed by atoms with van der Waals surface area (Å²) in [7, 11) is 0. The molecule has 0 saturated carbocycles. The second-order valence-corrected chi connectivity index (χ2v) is 4.72. The fourth-order valence-electron chi connectivity index (χ4n) is 1.56. The second kappa shape index (κ2) is 5.72. The summed E-state index contributed by atoms with van der Waals surface area (Å²) in [5, 5.41) is 8.66. The Kier molecular flexibility index (Phi) is 4.03. The topological polar surface area (TPSA) is 59.0 Å². The van der Waals surface area contributed by atoms with Gasteiger partial charge in [-0.15, -0.1) is 0 Å². The first kappa shape index (κ1) is 13.4. The van der Waals surface area contributed by atoms with Crippen LogP contribution in [0.4, 0.5) is 10.1 Å². The summed E-state index contributed by atoms with van der Waals surface area (Å²) >= 11 is 3.32. The molecule has 0 unspecified atom stereocenters. The molecule has 2 rings (SSSR count). The second-order valence-electron chi connectivity index (χ2n) is 3.86. The highest BCUT2D eigenvalue weighted by Gasteiger charge is 2.08. The zero-order chi connectivity index (χ0) is 13.8. The van der Waals surface area contributed by atoms with Crippen molar-refractivity contribution < 1.29 is 9.13 Å². The van der Waals surface area contributed by atoms with Gasteiger partial charge in [-0.3, -0.25) is 0 Å². The maximum Gasteiger partial charge on any atom is 0.156 e. The Labute approximate surface area is 118 Å². The van der Waals surface area contributed by atoms with Gasteiger partial charge in [0.15, 0.2) is 5.75 Å². The first-order valence-corrected chi connectivity index (χ1v) is 6.26. The maximum atomic E-state index is 13.7. The minimum atomic E-state index is -0.468. The summed E-state index contributed by atoms with van der Waals surface area (Å²) in [5.74, 6) is 0.0101. The van der Waals surface area contributed by atoms with Gasteiger partial charge in [0.05, 0.1) is 21.8 Å². The summed E-state index contributed by atoms with van der Waals surface area (Å²) in [6.07, 6.45) is 0. The van der Waals surface area contributed by atoms with Crippen molar-refractivity contribution in [3.8, 4) is 11.8 Å². The molecule has 0 spiro atoms. The van der Waals surface area contributed by atoms with Crippen LogP contribution in [-0.2, 0) is 6.61 Å². The van der Waals surface area contributed by atoms with Crippen molar-refractivity contribution in [3.63, 3.8) is 0 Å². The third-order valence-corrected chi connectivity index (χ3v) is 3.18. The van der Waals surface area contributed by atoms with Gasteiger partial charge in [-0.05, 0) is 40.2 Å². The number of halogens is 2. The zero-order valence-corrected chi connectivity index (χ0v) is 11.4. The summed E-state index contributed by atoms with van der Waals surface area (Å²) in [6, 6.07) is 11.4. The molecule has 0 saturated heterocycles. The molecule has 19 heavy (non-hydrogen) atoms. The lowest BCUT2D eigenvalue weighted by Crippen LogP contribution is -2.01. The van der Waals surface area contributed by atoms with Gasteiger partial charge in [0.1, 0.15) is 12.4 Å². The Morgan fingerprint density at radius 2 is 2.11 bits per heavy atom. The average Bonchev–Trinajstić information content (AvgIpc) is 2.39. The SMILES string of the molecule is N#Cc1ccc(COc2c(N)cccc2Br)c(F)c1. The van der Waals surface area contributed by atoms with E-state index in [4.69, 9.17) is 15.7 Å². The van der Waals surface area contributed by atoms with Crippen molar-refractivity contribution in [3.05, 3.63) is 57.8 Å². The third-order valence-electron chi connectivity index (χ3n) is 2.55. The molecular formula is C14H10BrFN2O. The highest BCUT2D eigenvalue weighted by Crippen LogP contribution is 2.31. The number of anilines is 1. The molecule has 0 heterocycles. The number of ether oxygens (including phenoxy) is 1. The van der Waals surface area contributed by atoms with Gasteiger partial charge in [-0.25, -0.2) is 4.39 Å². The fraction of sp³-hybridized carbons (Fsp3) is 0.0714. The van der Waals surface area contributed by atoms with Crippen LogP contribution in [0.3, 0.4) is 0 Å². The van der Waals surface area contributed by atoms with Crippen LogP contribution in [0.1, 0.15) is 11.1 Å². The molecule has 0 aliphatic rings. The maximum absolute atomic E-state index is 13.7. The number of rotatable bonds is 3. The van der Waals surface area contributed by atoms with Gasteiger partial charge in [0.2, 0.25) is 0 Å². The highest BCUT2D eigenvalue weighted by atomic mass is 79.9. The lowest BCUT2D eigenvalue weighted by molar-refractivity contribution is 0.299. The van der Waals surface area contributed by atoms with Crippen LogP contribution in [0.2, 0.25) is 0 Å². The molecule has 0 radical (unpaired) electrons. The largest absolute Gasteiger partial charge is 0.485 e. The highest BCUT2D eigenvalue weighted by molar-refractivity contribution is 9.10. The molecule has 96 valence electrons. The van der Waals surface area contributed by atoms with Gasteiger partial charge in [0.25, 0.3) is 0 Å². The van der Waals surface area contributed by atoms with Crippen molar-refractivity contribution in [1.82, 2.24) is 0 Å². The smallest absolute Gasteiger partial charge is 0.156 e. The fourth-order valence-corrected chi connectivity index (χ4v) is 2.06. The number of benzene rings is 2. The number of nitriles is 1. The van der Waals surface area contributed by atoms with Crippen molar-refractivity contribution >= 4 is 21.6 Å². The molecule has 3 nitrogen and oxygen atoms in total. The lowest BCUT2D eigenvalue weighted by atomic mass is 10.1. The number of nitrogens with two attached hydrogens (primary N) is 1. The lowest BCUT2D eigenvalue weighted by Gasteiger charge is -2.11. The molecule has 5 heteroatoms. The van der Waals surface area contributed by atoms with Gasteiger partial charge >= 0.3 is 0 Å². The molecule has 2 aromatic carbocycles. The third kappa shape index (κ3) is 3.04. The van der Waals surface area contributed by atoms with Crippen LogP contribution >= 0.6 is 15.9 Å². The summed E-state index contributed by atoms with van der Waals surface area (Å²) in [4.78, 5) is 0. The van der Waals surface area contributed by atoms with E-state index in [-0.39, 0.29) is 12.2 Å². The summed E-state index contributed by atoms with van der Waals surface area (Å²) in [6.45, 7) is 0.0460. The Morgan fingerprint density at radius 3 is 2.74 bits per heavy atom. The number of nitrogens with zero attached hydrogens (tertiary/aromatic N) is 1. The van der Waals surface area contributed by atoms with Crippen molar-refractivity contribution in [2.45, 2.75) is 6.61 Å². The monoisotopic (exact) mass is 320 g/mol. The van der Waals surface area contributed by atoms with Crippen LogP contribution in [-0.4, -0.2) is 0 Å². The molecule has 0 fully saturated rings. The molecule has 0 aliphatic heterocycles. The van der Waals surface area contributed by atoms with Gasteiger partial charge in [0, 0.05) is 5.56 Å². The van der Waals surface area contributed by atoms with Gasteiger partial charge in [-0.1, -0.05) is 12.1 Å². The summed E-state index contributed by atoms with van der Waals surface area (Å²) in [5.41, 5.74) is 6.90. The van der Waals surface area contributed by atoms with E-state index in [1.807, 2.05) is 6.07 Å². The zero-order valence-electron chi connectivity index (χ0n) is 9.86. The predicted octanol–water partition coefficient (Wildman–Crippen LogP) is 3.62. The Morgan fingerprint density at radius 1 is 1.32 bits per heavy atom. The van der Waals surface area contributed by atoms with Crippen molar-refractivity contribution in [2.24, 2.45) is 0 Å². The van der Waals surface area contributed by atoms with E-state index < -0.39 is 5.82 Å². The van der Waals surface area contributed by atoms with Crippen LogP contribution in [0.25, 0.3) is 0 Å². The molecule has 0 aromatic heterocycles. The van der Waals surface area contributed by atoms with Crippen molar-refractivity contribution in [1.29, 1.82) is 5.26 Å². The minimum absolute atomic E-state index is 0.0460. The van der Waals surface area contributed by atoms with E-state index in [0.29, 0.717) is 21.5 Å². The van der Waals surface area contributed by atoms with Crippen molar-refractivity contribution in [2.75, 3.05) is 5.73 Å². The molecular weight excluding hydrogens is 311 g/mol. The summed E-state index contributed by atoms with van der Waals surface area (Å²) < 4.78 is 19.9. The quantitative estimate of drug-likeness (QED) is 0.879.